The van der Waals surface area contributed by atoms with E-state index in [-0.39, 0.29) is 5.82 Å². The van der Waals surface area contributed by atoms with E-state index in [1.165, 1.54) is 12.1 Å². The molecule has 0 bridgehead atoms. The Hall–Kier alpha value is -2.41. The Balaban J connectivity index is 2.15. The van der Waals surface area contributed by atoms with Gasteiger partial charge in [-0.3, -0.25) is 0 Å². The average Bonchev–Trinajstić information content (AvgIpc) is 2.37. The Bertz CT molecular complexity index is 602. The number of rotatable bonds is 3. The Labute approximate surface area is 105 Å². The molecule has 0 atom stereocenters. The lowest BCUT2D eigenvalue weighted by atomic mass is 10.2. The predicted octanol–water partition coefficient (Wildman–Crippen LogP) is 3.01. The maximum atomic E-state index is 13.0. The zero-order valence-electron chi connectivity index (χ0n) is 9.94. The van der Waals surface area contributed by atoms with E-state index in [0.29, 0.717) is 17.9 Å². The fourth-order valence-electron chi connectivity index (χ4n) is 1.61. The maximum absolute atomic E-state index is 13.0. The molecule has 90 valence electrons. The summed E-state index contributed by atoms with van der Waals surface area (Å²) in [5.74, 6) is 0.258. The van der Waals surface area contributed by atoms with Gasteiger partial charge in [-0.1, -0.05) is 12.1 Å². The largest absolute Gasteiger partial charge is 0.365 e. The van der Waals surface area contributed by atoms with Crippen molar-refractivity contribution in [1.29, 1.82) is 5.26 Å². The Kier molecular flexibility index (Phi) is 3.54. The van der Waals surface area contributed by atoms with Crippen LogP contribution in [0.15, 0.2) is 36.4 Å². The summed E-state index contributed by atoms with van der Waals surface area (Å²) < 4.78 is 13.0. The van der Waals surface area contributed by atoms with Crippen LogP contribution in [0.4, 0.5) is 10.2 Å². The van der Waals surface area contributed by atoms with Crippen LogP contribution < -0.4 is 5.32 Å². The number of aromatic nitrogens is 1. The van der Waals surface area contributed by atoms with Gasteiger partial charge >= 0.3 is 0 Å². The van der Waals surface area contributed by atoms with Crippen molar-refractivity contribution in [2.45, 2.75) is 13.5 Å². The molecule has 18 heavy (non-hydrogen) atoms. The van der Waals surface area contributed by atoms with Gasteiger partial charge in [-0.25, -0.2) is 9.37 Å². The van der Waals surface area contributed by atoms with Gasteiger partial charge < -0.3 is 5.32 Å². The van der Waals surface area contributed by atoms with Crippen molar-refractivity contribution in [2.24, 2.45) is 0 Å². The minimum Gasteiger partial charge on any atom is -0.365 e. The van der Waals surface area contributed by atoms with Crippen molar-refractivity contribution in [1.82, 2.24) is 4.98 Å². The summed E-state index contributed by atoms with van der Waals surface area (Å²) in [6, 6.07) is 11.9. The van der Waals surface area contributed by atoms with Gasteiger partial charge in [-0.2, -0.15) is 5.26 Å². The highest BCUT2D eigenvalue weighted by Crippen LogP contribution is 2.14. The molecule has 0 amide bonds. The molecule has 1 heterocycles. The zero-order valence-corrected chi connectivity index (χ0v) is 9.94. The van der Waals surface area contributed by atoms with Crippen molar-refractivity contribution in [3.05, 3.63) is 59.0 Å². The summed E-state index contributed by atoms with van der Waals surface area (Å²) in [6.45, 7) is 2.29. The van der Waals surface area contributed by atoms with E-state index in [9.17, 15) is 4.39 Å². The summed E-state index contributed by atoms with van der Waals surface area (Å²) in [5.41, 5.74) is 2.12. The van der Waals surface area contributed by atoms with Crippen molar-refractivity contribution in [3.8, 4) is 6.07 Å². The van der Waals surface area contributed by atoms with Crippen molar-refractivity contribution < 1.29 is 4.39 Å². The van der Waals surface area contributed by atoms with Crippen LogP contribution in [-0.4, -0.2) is 4.98 Å². The number of hydrogen-bond acceptors (Lipinski definition) is 3. The third kappa shape index (κ3) is 2.83. The molecule has 0 radical (unpaired) electrons. The van der Waals surface area contributed by atoms with Crippen LogP contribution in [0.25, 0.3) is 0 Å². The van der Waals surface area contributed by atoms with Gasteiger partial charge in [-0.15, -0.1) is 0 Å². The quantitative estimate of drug-likeness (QED) is 0.898. The molecular formula is C14H12FN3. The van der Waals surface area contributed by atoms with Crippen LogP contribution in [0.1, 0.15) is 16.8 Å². The molecule has 0 saturated heterocycles. The number of nitrogens with one attached hydrogen (secondary N) is 1. The van der Waals surface area contributed by atoms with Gasteiger partial charge in [0.05, 0.1) is 5.56 Å². The number of halogens is 1. The van der Waals surface area contributed by atoms with Gasteiger partial charge in [0, 0.05) is 12.2 Å². The molecule has 2 aromatic rings. The molecule has 4 heteroatoms. The standard InChI is InChI=1S/C14H12FN3/c1-10-5-6-12(8-16)14(18-10)17-9-11-3-2-4-13(15)7-11/h2-7H,9H2,1H3,(H,17,18). The van der Waals surface area contributed by atoms with E-state index in [0.717, 1.165) is 11.3 Å². The number of nitrogens with zero attached hydrogens (tertiary/aromatic N) is 2. The van der Waals surface area contributed by atoms with E-state index in [2.05, 4.69) is 16.4 Å². The monoisotopic (exact) mass is 241 g/mol. The van der Waals surface area contributed by atoms with Gasteiger partial charge in [0.15, 0.2) is 0 Å². The lowest BCUT2D eigenvalue weighted by Crippen LogP contribution is -2.04. The summed E-state index contributed by atoms with van der Waals surface area (Å²) in [5, 5.41) is 12.0. The van der Waals surface area contributed by atoms with Gasteiger partial charge in [0.2, 0.25) is 0 Å². The minimum absolute atomic E-state index is 0.271. The first kappa shape index (κ1) is 12.1. The maximum Gasteiger partial charge on any atom is 0.144 e. The van der Waals surface area contributed by atoms with Gasteiger partial charge in [-0.05, 0) is 36.8 Å². The third-order valence-corrected chi connectivity index (χ3v) is 2.50. The fourth-order valence-corrected chi connectivity index (χ4v) is 1.61. The van der Waals surface area contributed by atoms with Crippen LogP contribution in [-0.2, 0) is 6.54 Å². The Morgan fingerprint density at radius 1 is 1.33 bits per heavy atom. The van der Waals surface area contributed by atoms with Crippen LogP contribution >= 0.6 is 0 Å². The molecule has 1 N–H and O–H groups in total. The second kappa shape index (κ2) is 5.28. The lowest BCUT2D eigenvalue weighted by Gasteiger charge is -2.08. The highest BCUT2D eigenvalue weighted by molar-refractivity contribution is 5.52. The molecule has 2 rings (SSSR count). The van der Waals surface area contributed by atoms with E-state index in [1.54, 1.807) is 18.2 Å². The highest BCUT2D eigenvalue weighted by Gasteiger charge is 2.03. The average molecular weight is 241 g/mol. The van der Waals surface area contributed by atoms with Crippen LogP contribution in [0.3, 0.4) is 0 Å². The van der Waals surface area contributed by atoms with Crippen molar-refractivity contribution in [2.75, 3.05) is 5.32 Å². The molecular weight excluding hydrogens is 229 g/mol. The van der Waals surface area contributed by atoms with Gasteiger partial charge in [0.1, 0.15) is 17.7 Å². The van der Waals surface area contributed by atoms with E-state index >= 15 is 0 Å². The predicted molar refractivity (Wildman–Crippen MR) is 67.4 cm³/mol. The summed E-state index contributed by atoms with van der Waals surface area (Å²) >= 11 is 0. The first-order valence-electron chi connectivity index (χ1n) is 5.55. The Morgan fingerprint density at radius 3 is 2.89 bits per heavy atom. The molecule has 0 spiro atoms. The number of benzene rings is 1. The molecule has 0 aliphatic rings. The zero-order chi connectivity index (χ0) is 13.0. The first-order chi connectivity index (χ1) is 8.69. The number of pyridine rings is 1. The molecule has 0 aliphatic heterocycles. The first-order valence-corrected chi connectivity index (χ1v) is 5.55. The number of nitriles is 1. The molecule has 3 nitrogen and oxygen atoms in total. The molecule has 0 unspecified atom stereocenters. The van der Waals surface area contributed by atoms with E-state index < -0.39 is 0 Å². The number of hydrogen-bond donors (Lipinski definition) is 1. The van der Waals surface area contributed by atoms with Gasteiger partial charge in [0.25, 0.3) is 0 Å². The lowest BCUT2D eigenvalue weighted by molar-refractivity contribution is 0.626. The normalized spacial score (nSPS) is 9.83. The number of anilines is 1. The van der Waals surface area contributed by atoms with Crippen LogP contribution in [0.5, 0.6) is 0 Å². The topological polar surface area (TPSA) is 48.7 Å². The second-order valence-corrected chi connectivity index (χ2v) is 3.94. The molecule has 1 aromatic heterocycles. The molecule has 0 aliphatic carbocycles. The second-order valence-electron chi connectivity index (χ2n) is 3.94. The highest BCUT2D eigenvalue weighted by atomic mass is 19.1. The van der Waals surface area contributed by atoms with Crippen molar-refractivity contribution in [3.63, 3.8) is 0 Å². The van der Waals surface area contributed by atoms with Crippen LogP contribution in [0.2, 0.25) is 0 Å². The Morgan fingerprint density at radius 2 is 2.17 bits per heavy atom. The smallest absolute Gasteiger partial charge is 0.144 e. The van der Waals surface area contributed by atoms with Crippen LogP contribution in [0, 0.1) is 24.1 Å². The molecule has 0 fully saturated rings. The fraction of sp³-hybridized carbons (Fsp3) is 0.143. The third-order valence-electron chi connectivity index (χ3n) is 2.50. The summed E-state index contributed by atoms with van der Waals surface area (Å²) in [6.07, 6.45) is 0. The molecule has 0 saturated carbocycles. The number of aryl methyl sites for hydroxylation is 1. The summed E-state index contributed by atoms with van der Waals surface area (Å²) in [7, 11) is 0. The molecule has 1 aromatic carbocycles. The van der Waals surface area contributed by atoms with E-state index in [1.807, 2.05) is 13.0 Å². The minimum atomic E-state index is -0.271. The van der Waals surface area contributed by atoms with Crippen molar-refractivity contribution >= 4 is 5.82 Å². The van der Waals surface area contributed by atoms with E-state index in [4.69, 9.17) is 5.26 Å². The SMILES string of the molecule is Cc1ccc(C#N)c(NCc2cccc(F)c2)n1. The summed E-state index contributed by atoms with van der Waals surface area (Å²) in [4.78, 5) is 4.25.